The lowest BCUT2D eigenvalue weighted by Crippen LogP contribution is -2.41. The van der Waals surface area contributed by atoms with Crippen LogP contribution in [0.25, 0.3) is 0 Å². The molecule has 2 heterocycles. The Kier molecular flexibility index (Phi) is 5.10. The number of hydrogen-bond donors (Lipinski definition) is 1. The van der Waals surface area contributed by atoms with Gasteiger partial charge >= 0.3 is 6.18 Å². The second kappa shape index (κ2) is 6.63. The minimum absolute atomic E-state index is 0.0743. The van der Waals surface area contributed by atoms with E-state index >= 15 is 0 Å². The zero-order valence-electron chi connectivity index (χ0n) is 11.7. The van der Waals surface area contributed by atoms with Crippen molar-refractivity contribution in [1.82, 2.24) is 10.2 Å². The number of likely N-dealkylation sites (tertiary alicyclic amines) is 1. The van der Waals surface area contributed by atoms with Crippen molar-refractivity contribution in [2.24, 2.45) is 5.92 Å². The van der Waals surface area contributed by atoms with Crippen LogP contribution in [0.15, 0.2) is 16.7 Å². The maximum absolute atomic E-state index is 12.8. The number of furan rings is 1. The monoisotopic (exact) mass is 290 g/mol. The van der Waals surface area contributed by atoms with Crippen LogP contribution in [0.4, 0.5) is 13.2 Å². The van der Waals surface area contributed by atoms with Crippen LogP contribution in [0, 0.1) is 5.92 Å². The van der Waals surface area contributed by atoms with Crippen LogP contribution in [-0.4, -0.2) is 30.7 Å². The Hall–Kier alpha value is -1.01. The normalized spacial score (nSPS) is 21.3. The molecule has 1 fully saturated rings. The van der Waals surface area contributed by atoms with Gasteiger partial charge in [-0.3, -0.25) is 4.90 Å². The fourth-order valence-electron chi connectivity index (χ4n) is 2.59. The highest BCUT2D eigenvalue weighted by Gasteiger charge is 2.41. The minimum atomic E-state index is -4.09. The van der Waals surface area contributed by atoms with E-state index in [4.69, 9.17) is 4.42 Å². The minimum Gasteiger partial charge on any atom is -0.468 e. The predicted octanol–water partition coefficient (Wildman–Crippen LogP) is 3.16. The number of nitrogens with zero attached hydrogens (tertiary/aromatic N) is 1. The Bertz CT molecular complexity index is 417. The van der Waals surface area contributed by atoms with E-state index in [2.05, 4.69) is 5.32 Å². The molecule has 1 aliphatic rings. The largest absolute Gasteiger partial charge is 0.468 e. The molecular formula is C14H21F3N2O. The second-order valence-electron chi connectivity index (χ2n) is 5.27. The molecule has 114 valence electrons. The molecule has 20 heavy (non-hydrogen) atoms. The Labute approximate surface area is 117 Å². The average molecular weight is 290 g/mol. The van der Waals surface area contributed by atoms with E-state index in [1.165, 1.54) is 0 Å². The molecule has 0 radical (unpaired) electrons. The van der Waals surface area contributed by atoms with E-state index in [0.717, 1.165) is 17.9 Å². The average Bonchev–Trinajstić information content (AvgIpc) is 2.83. The predicted molar refractivity (Wildman–Crippen MR) is 70.1 cm³/mol. The van der Waals surface area contributed by atoms with Gasteiger partial charge in [0.2, 0.25) is 0 Å². The van der Waals surface area contributed by atoms with Crippen LogP contribution in [0.1, 0.15) is 31.1 Å². The summed E-state index contributed by atoms with van der Waals surface area (Å²) in [5.74, 6) is -0.433. The van der Waals surface area contributed by atoms with Gasteiger partial charge in [-0.15, -0.1) is 0 Å². The third-order valence-corrected chi connectivity index (χ3v) is 3.74. The molecule has 1 N–H and O–H groups in total. The summed E-state index contributed by atoms with van der Waals surface area (Å²) in [6, 6.07) is 1.88. The molecule has 0 aromatic carbocycles. The molecule has 2 rings (SSSR count). The molecule has 0 spiro atoms. The number of rotatable bonds is 5. The maximum atomic E-state index is 12.8. The highest BCUT2D eigenvalue weighted by atomic mass is 19.4. The highest BCUT2D eigenvalue weighted by molar-refractivity contribution is 5.16. The van der Waals surface area contributed by atoms with Gasteiger partial charge in [0, 0.05) is 18.7 Å². The van der Waals surface area contributed by atoms with Gasteiger partial charge in [-0.25, -0.2) is 0 Å². The van der Waals surface area contributed by atoms with Crippen LogP contribution in [-0.2, 0) is 13.1 Å². The first-order valence-electron chi connectivity index (χ1n) is 7.05. The maximum Gasteiger partial charge on any atom is 0.393 e. The molecule has 1 aliphatic heterocycles. The first kappa shape index (κ1) is 15.4. The van der Waals surface area contributed by atoms with Gasteiger partial charge < -0.3 is 9.73 Å². The van der Waals surface area contributed by atoms with Crippen LogP contribution in [0.5, 0.6) is 0 Å². The standard InChI is InChI=1S/C14H21F3N2O/c1-2-18-8-11-5-7-20-13(11)10-19-6-3-4-12(9-19)14(15,16)17/h5,7,12,18H,2-4,6,8-10H2,1H3. The molecule has 1 unspecified atom stereocenters. The zero-order valence-corrected chi connectivity index (χ0v) is 11.7. The van der Waals surface area contributed by atoms with Crippen LogP contribution >= 0.6 is 0 Å². The molecule has 1 saturated heterocycles. The molecule has 3 nitrogen and oxygen atoms in total. The lowest BCUT2D eigenvalue weighted by molar-refractivity contribution is -0.187. The zero-order chi connectivity index (χ0) is 14.6. The molecule has 1 atom stereocenters. The number of hydrogen-bond acceptors (Lipinski definition) is 3. The molecule has 0 saturated carbocycles. The van der Waals surface area contributed by atoms with E-state index in [1.54, 1.807) is 6.26 Å². The number of halogens is 3. The Morgan fingerprint density at radius 1 is 1.45 bits per heavy atom. The number of nitrogens with one attached hydrogen (secondary N) is 1. The third kappa shape index (κ3) is 3.99. The van der Waals surface area contributed by atoms with Gasteiger partial charge in [0.1, 0.15) is 5.76 Å². The van der Waals surface area contributed by atoms with E-state index in [9.17, 15) is 13.2 Å². The lowest BCUT2D eigenvalue weighted by atomic mass is 9.97. The van der Waals surface area contributed by atoms with Gasteiger partial charge in [0.25, 0.3) is 0 Å². The van der Waals surface area contributed by atoms with Crippen molar-refractivity contribution in [3.8, 4) is 0 Å². The first-order chi connectivity index (χ1) is 9.50. The molecule has 1 aromatic rings. The summed E-state index contributed by atoms with van der Waals surface area (Å²) in [4.78, 5) is 1.84. The van der Waals surface area contributed by atoms with Gasteiger partial charge in [-0.2, -0.15) is 13.2 Å². The summed E-state index contributed by atoms with van der Waals surface area (Å²) in [6.45, 7) is 4.79. The molecule has 0 amide bonds. The van der Waals surface area contributed by atoms with Crippen molar-refractivity contribution in [3.05, 3.63) is 23.7 Å². The van der Waals surface area contributed by atoms with Crippen LogP contribution < -0.4 is 5.32 Å². The van der Waals surface area contributed by atoms with E-state index in [1.807, 2.05) is 17.9 Å². The molecule has 1 aromatic heterocycles. The van der Waals surface area contributed by atoms with E-state index in [-0.39, 0.29) is 13.0 Å². The quantitative estimate of drug-likeness (QED) is 0.903. The summed E-state index contributed by atoms with van der Waals surface area (Å²) < 4.78 is 43.8. The smallest absolute Gasteiger partial charge is 0.393 e. The first-order valence-corrected chi connectivity index (χ1v) is 7.05. The summed E-state index contributed by atoms with van der Waals surface area (Å²) in [5, 5.41) is 3.20. The van der Waals surface area contributed by atoms with Gasteiger partial charge in [-0.05, 0) is 32.0 Å². The van der Waals surface area contributed by atoms with Gasteiger partial charge in [-0.1, -0.05) is 6.92 Å². The molecule has 0 aliphatic carbocycles. The summed E-state index contributed by atoms with van der Waals surface area (Å²) in [6.07, 6.45) is -1.66. The van der Waals surface area contributed by atoms with Crippen LogP contribution in [0.2, 0.25) is 0 Å². The summed E-state index contributed by atoms with van der Waals surface area (Å²) in [5.41, 5.74) is 1.03. The fourth-order valence-corrected chi connectivity index (χ4v) is 2.59. The highest BCUT2D eigenvalue weighted by Crippen LogP contribution is 2.33. The van der Waals surface area contributed by atoms with Gasteiger partial charge in [0.15, 0.2) is 0 Å². The lowest BCUT2D eigenvalue weighted by Gasteiger charge is -2.33. The van der Waals surface area contributed by atoms with Crippen LogP contribution in [0.3, 0.4) is 0 Å². The second-order valence-corrected chi connectivity index (χ2v) is 5.27. The molecule has 6 heteroatoms. The Morgan fingerprint density at radius 2 is 2.25 bits per heavy atom. The number of alkyl halides is 3. The van der Waals surface area contributed by atoms with Gasteiger partial charge in [0.05, 0.1) is 18.7 Å². The van der Waals surface area contributed by atoms with Crippen molar-refractivity contribution in [1.29, 1.82) is 0 Å². The summed E-state index contributed by atoms with van der Waals surface area (Å²) in [7, 11) is 0. The third-order valence-electron chi connectivity index (χ3n) is 3.74. The van der Waals surface area contributed by atoms with Crippen molar-refractivity contribution in [3.63, 3.8) is 0 Å². The van der Waals surface area contributed by atoms with Crippen molar-refractivity contribution < 1.29 is 17.6 Å². The SMILES string of the molecule is CCNCc1ccoc1CN1CCCC(C(F)(F)F)C1. The Morgan fingerprint density at radius 3 is 2.95 bits per heavy atom. The molecular weight excluding hydrogens is 269 g/mol. The Balaban J connectivity index is 1.94. The number of piperidine rings is 1. The van der Waals surface area contributed by atoms with Crippen molar-refractivity contribution in [2.45, 2.75) is 39.0 Å². The van der Waals surface area contributed by atoms with Crippen molar-refractivity contribution in [2.75, 3.05) is 19.6 Å². The molecule has 0 bridgehead atoms. The van der Waals surface area contributed by atoms with E-state index < -0.39 is 12.1 Å². The van der Waals surface area contributed by atoms with E-state index in [0.29, 0.717) is 26.1 Å². The summed E-state index contributed by atoms with van der Waals surface area (Å²) >= 11 is 0. The fraction of sp³-hybridized carbons (Fsp3) is 0.714. The van der Waals surface area contributed by atoms with Crippen molar-refractivity contribution >= 4 is 0 Å². The topological polar surface area (TPSA) is 28.4 Å².